The third kappa shape index (κ3) is 4.27. The summed E-state index contributed by atoms with van der Waals surface area (Å²) in [5.74, 6) is -0.0532. The average Bonchev–Trinajstić information content (AvgIpc) is 2.50. The van der Waals surface area contributed by atoms with E-state index in [0.717, 1.165) is 0 Å². The van der Waals surface area contributed by atoms with Crippen molar-refractivity contribution in [2.75, 3.05) is 5.32 Å². The molecule has 6 nitrogen and oxygen atoms in total. The Kier molecular flexibility index (Phi) is 5.49. The van der Waals surface area contributed by atoms with E-state index in [2.05, 4.69) is 10.6 Å². The fraction of sp³-hybridized carbons (Fsp3) is 0.562. The topological polar surface area (TPSA) is 88.9 Å². The molecule has 0 unspecified atom stereocenters. The van der Waals surface area contributed by atoms with Crippen molar-refractivity contribution >= 4 is 17.3 Å². The maximum absolute atomic E-state index is 12.3. The van der Waals surface area contributed by atoms with Crippen LogP contribution in [0.4, 0.5) is 11.4 Å². The maximum atomic E-state index is 12.3. The maximum Gasteiger partial charge on any atom is 0.282 e. The monoisotopic (exact) mass is 306 g/mol. The fourth-order valence-electron chi connectivity index (χ4n) is 2.97. The van der Waals surface area contributed by atoms with E-state index in [0.29, 0.717) is 17.3 Å². The molecule has 1 aromatic carbocycles. The highest BCUT2D eigenvalue weighted by Crippen LogP contribution is 2.21. The van der Waals surface area contributed by atoms with Crippen LogP contribution in [0.25, 0.3) is 0 Å². The van der Waals surface area contributed by atoms with Gasteiger partial charge in [0, 0.05) is 17.8 Å². The van der Waals surface area contributed by atoms with Crippen LogP contribution in [0.1, 0.15) is 44.6 Å². The normalized spacial score (nSPS) is 17.0. The zero-order valence-corrected chi connectivity index (χ0v) is 13.2. The predicted molar refractivity (Wildman–Crippen MR) is 84.7 cm³/mol. The number of hydrogen-bond donors (Lipinski definition) is 2. The van der Waals surface area contributed by atoms with Crippen LogP contribution in [-0.4, -0.2) is 22.9 Å². The number of rotatable bonds is 5. The van der Waals surface area contributed by atoms with Gasteiger partial charge in [0.15, 0.2) is 6.04 Å². The number of nitro benzene ring substituents is 1. The Morgan fingerprint density at radius 2 is 2.05 bits per heavy atom. The summed E-state index contributed by atoms with van der Waals surface area (Å²) in [6, 6.07) is 4.87. The van der Waals surface area contributed by atoms with Gasteiger partial charge in [-0.3, -0.25) is 14.9 Å². The van der Waals surface area contributed by atoms with E-state index in [9.17, 15) is 14.9 Å². The largest absolute Gasteiger partial charge is 0.334 e. The lowest BCUT2D eigenvalue weighted by molar-refractivity contribution is -0.708. The van der Waals surface area contributed by atoms with Crippen molar-refractivity contribution in [1.82, 2.24) is 0 Å². The summed E-state index contributed by atoms with van der Waals surface area (Å²) in [5.41, 5.74) is 1.38. The number of nitrogens with one attached hydrogen (secondary N) is 1. The van der Waals surface area contributed by atoms with Crippen molar-refractivity contribution in [2.24, 2.45) is 0 Å². The number of nitrogens with zero attached hydrogens (tertiary/aromatic N) is 1. The van der Waals surface area contributed by atoms with Gasteiger partial charge in [-0.2, -0.15) is 0 Å². The number of amides is 1. The number of hydrogen-bond acceptors (Lipinski definition) is 3. The minimum absolute atomic E-state index is 0.0392. The Labute approximate surface area is 130 Å². The molecule has 0 bridgehead atoms. The average molecular weight is 306 g/mol. The van der Waals surface area contributed by atoms with Gasteiger partial charge in [-0.1, -0.05) is 6.42 Å². The highest BCUT2D eigenvalue weighted by Gasteiger charge is 2.24. The first-order valence-electron chi connectivity index (χ1n) is 7.88. The molecule has 120 valence electrons. The summed E-state index contributed by atoms with van der Waals surface area (Å²) in [6.45, 7) is 3.67. The van der Waals surface area contributed by atoms with Crippen molar-refractivity contribution in [3.05, 3.63) is 33.9 Å². The van der Waals surface area contributed by atoms with Gasteiger partial charge in [-0.25, -0.2) is 0 Å². The van der Waals surface area contributed by atoms with Crippen molar-refractivity contribution in [1.29, 1.82) is 0 Å². The van der Waals surface area contributed by atoms with Crippen LogP contribution in [0.2, 0.25) is 0 Å². The lowest BCUT2D eigenvalue weighted by atomic mass is 9.95. The number of carbonyl (C=O) groups is 1. The van der Waals surface area contributed by atoms with Gasteiger partial charge in [-0.15, -0.1) is 0 Å². The van der Waals surface area contributed by atoms with E-state index >= 15 is 0 Å². The standard InChI is InChI=1S/C16H23N3O3/c1-11-10-14(19(21)22)8-9-15(11)18-16(20)12(2)17-13-6-4-3-5-7-13/h8-10,12-13,17H,3-7H2,1-2H3,(H,18,20)/p+1/t12-/m1/s1. The zero-order chi connectivity index (χ0) is 16.1. The molecule has 0 aromatic heterocycles. The second kappa shape index (κ2) is 7.35. The number of benzene rings is 1. The molecule has 1 amide bonds. The summed E-state index contributed by atoms with van der Waals surface area (Å²) in [5, 5.41) is 15.8. The number of nitro groups is 1. The van der Waals surface area contributed by atoms with Crippen molar-refractivity contribution in [3.63, 3.8) is 0 Å². The van der Waals surface area contributed by atoms with Gasteiger partial charge in [0.05, 0.1) is 11.0 Å². The van der Waals surface area contributed by atoms with Crippen LogP contribution >= 0.6 is 0 Å². The van der Waals surface area contributed by atoms with Crippen LogP contribution in [-0.2, 0) is 4.79 Å². The summed E-state index contributed by atoms with van der Waals surface area (Å²) < 4.78 is 0. The van der Waals surface area contributed by atoms with Gasteiger partial charge >= 0.3 is 0 Å². The van der Waals surface area contributed by atoms with E-state index in [1.165, 1.54) is 44.2 Å². The summed E-state index contributed by atoms with van der Waals surface area (Å²) in [7, 11) is 0. The summed E-state index contributed by atoms with van der Waals surface area (Å²) in [4.78, 5) is 22.6. The number of anilines is 1. The van der Waals surface area contributed by atoms with Gasteiger partial charge in [0.2, 0.25) is 0 Å². The molecular weight excluding hydrogens is 282 g/mol. The Morgan fingerprint density at radius 1 is 1.36 bits per heavy atom. The molecule has 22 heavy (non-hydrogen) atoms. The van der Waals surface area contributed by atoms with Crippen LogP contribution in [0.3, 0.4) is 0 Å². The molecule has 1 aliphatic carbocycles. The van der Waals surface area contributed by atoms with Crippen LogP contribution < -0.4 is 10.6 Å². The van der Waals surface area contributed by atoms with Crippen molar-refractivity contribution in [2.45, 2.75) is 58.0 Å². The second-order valence-electron chi connectivity index (χ2n) is 6.12. The number of non-ortho nitro benzene ring substituents is 1. The quantitative estimate of drug-likeness (QED) is 0.645. The molecule has 1 fully saturated rings. The third-order valence-electron chi connectivity index (χ3n) is 4.30. The molecule has 6 heteroatoms. The van der Waals surface area contributed by atoms with Crippen molar-refractivity contribution < 1.29 is 15.0 Å². The van der Waals surface area contributed by atoms with Crippen LogP contribution in [0, 0.1) is 17.0 Å². The highest BCUT2D eigenvalue weighted by molar-refractivity contribution is 5.94. The van der Waals surface area contributed by atoms with Gasteiger partial charge in [-0.05, 0) is 51.2 Å². The summed E-state index contributed by atoms with van der Waals surface area (Å²) in [6.07, 6.45) is 6.14. The third-order valence-corrected chi connectivity index (χ3v) is 4.30. The molecule has 3 N–H and O–H groups in total. The predicted octanol–water partition coefficient (Wildman–Crippen LogP) is 2.13. The first-order valence-corrected chi connectivity index (χ1v) is 7.88. The lowest BCUT2D eigenvalue weighted by Gasteiger charge is -2.23. The minimum Gasteiger partial charge on any atom is -0.334 e. The van der Waals surface area contributed by atoms with E-state index < -0.39 is 4.92 Å². The fourth-order valence-corrected chi connectivity index (χ4v) is 2.97. The second-order valence-corrected chi connectivity index (χ2v) is 6.12. The van der Waals surface area contributed by atoms with E-state index in [1.54, 1.807) is 13.0 Å². The molecule has 2 rings (SSSR count). The molecule has 0 radical (unpaired) electrons. The molecule has 0 spiro atoms. The van der Waals surface area contributed by atoms with E-state index in [1.807, 2.05) is 6.92 Å². The first kappa shape index (κ1) is 16.4. The molecule has 0 heterocycles. The van der Waals surface area contributed by atoms with E-state index in [-0.39, 0.29) is 17.6 Å². The molecule has 0 saturated heterocycles. The van der Waals surface area contributed by atoms with Gasteiger partial charge in [0.25, 0.3) is 11.6 Å². The van der Waals surface area contributed by atoms with E-state index in [4.69, 9.17) is 0 Å². The van der Waals surface area contributed by atoms with Crippen LogP contribution in [0.5, 0.6) is 0 Å². The number of aryl methyl sites for hydroxylation is 1. The molecule has 1 aromatic rings. The Morgan fingerprint density at radius 3 is 2.64 bits per heavy atom. The Balaban J connectivity index is 1.94. The Bertz CT molecular complexity index is 554. The molecule has 1 atom stereocenters. The van der Waals surface area contributed by atoms with Gasteiger partial charge in [0.1, 0.15) is 0 Å². The zero-order valence-electron chi connectivity index (χ0n) is 13.2. The van der Waals surface area contributed by atoms with Gasteiger partial charge < -0.3 is 10.6 Å². The highest BCUT2D eigenvalue weighted by atomic mass is 16.6. The van der Waals surface area contributed by atoms with Crippen molar-refractivity contribution in [3.8, 4) is 0 Å². The molecule has 0 aliphatic heterocycles. The minimum atomic E-state index is -0.432. The smallest absolute Gasteiger partial charge is 0.282 e. The molecule has 1 saturated carbocycles. The Hall–Kier alpha value is -1.95. The lowest BCUT2D eigenvalue weighted by Crippen LogP contribution is -2.96. The number of quaternary nitrogens is 1. The van der Waals surface area contributed by atoms with Crippen LogP contribution in [0.15, 0.2) is 18.2 Å². The number of carbonyl (C=O) groups excluding carboxylic acids is 1. The first-order chi connectivity index (χ1) is 10.5. The SMILES string of the molecule is Cc1cc([N+](=O)[O-])ccc1NC(=O)[C@@H](C)[NH2+]C1CCCCC1. The molecular formula is C16H24N3O3+. The number of nitrogens with two attached hydrogens (primary N) is 1. The summed E-state index contributed by atoms with van der Waals surface area (Å²) >= 11 is 0. The molecule has 1 aliphatic rings.